The molecule has 1 N–H and O–H groups in total. The van der Waals surface area contributed by atoms with Crippen molar-refractivity contribution in [1.82, 2.24) is 9.55 Å². The Morgan fingerprint density at radius 1 is 1.26 bits per heavy atom. The number of imidazole rings is 1. The van der Waals surface area contributed by atoms with Crippen molar-refractivity contribution in [3.8, 4) is 0 Å². The van der Waals surface area contributed by atoms with Gasteiger partial charge in [0.05, 0.1) is 24.3 Å². The van der Waals surface area contributed by atoms with Gasteiger partial charge in [-0.3, -0.25) is 0 Å². The van der Waals surface area contributed by atoms with Crippen molar-refractivity contribution >= 4 is 37.5 Å². The molecule has 0 unspecified atom stereocenters. The number of hydrogen-bond donors (Lipinski definition) is 1. The van der Waals surface area contributed by atoms with Crippen LogP contribution in [0.2, 0.25) is 0 Å². The first-order valence-electron chi connectivity index (χ1n) is 6.19. The van der Waals surface area contributed by atoms with Gasteiger partial charge in [0.25, 0.3) is 0 Å². The van der Waals surface area contributed by atoms with E-state index in [-0.39, 0.29) is 0 Å². The van der Waals surface area contributed by atoms with Crippen LogP contribution in [0.5, 0.6) is 0 Å². The lowest BCUT2D eigenvalue weighted by atomic mass is 10.2. The molecule has 0 aliphatic heterocycles. The van der Waals surface area contributed by atoms with Gasteiger partial charge in [-0.05, 0) is 70.3 Å². The van der Waals surface area contributed by atoms with E-state index < -0.39 is 0 Å². The van der Waals surface area contributed by atoms with Gasteiger partial charge in [0.1, 0.15) is 0 Å². The lowest BCUT2D eigenvalue weighted by Gasteiger charge is -2.15. The first kappa shape index (κ1) is 14.6. The summed E-state index contributed by atoms with van der Waals surface area (Å²) in [6.07, 6.45) is 3.78. The maximum atomic E-state index is 4.21. The molecule has 1 aromatic heterocycles. The molecule has 0 fully saturated rings. The SMILES string of the molecule is Cc1cc(Br)c(NCc2cncn2C(C)C)c(Br)c1. The fraction of sp³-hybridized carbons (Fsp3) is 0.357. The number of rotatable bonds is 4. The number of aryl methyl sites for hydroxylation is 1. The van der Waals surface area contributed by atoms with Crippen molar-refractivity contribution < 1.29 is 0 Å². The Kier molecular flexibility index (Phi) is 4.68. The second-order valence-corrected chi connectivity index (χ2v) is 6.55. The smallest absolute Gasteiger partial charge is 0.0951 e. The van der Waals surface area contributed by atoms with Crippen molar-refractivity contribution in [2.75, 3.05) is 5.32 Å². The summed E-state index contributed by atoms with van der Waals surface area (Å²) >= 11 is 7.19. The quantitative estimate of drug-likeness (QED) is 0.808. The highest BCUT2D eigenvalue weighted by Gasteiger charge is 2.09. The van der Waals surface area contributed by atoms with E-state index in [1.165, 1.54) is 11.3 Å². The molecule has 0 bridgehead atoms. The third-order valence-corrected chi connectivity index (χ3v) is 4.19. The zero-order chi connectivity index (χ0) is 14.0. The molecule has 0 radical (unpaired) electrons. The predicted octanol–water partition coefficient (Wildman–Crippen LogP) is 4.91. The number of nitrogens with zero attached hydrogens (tertiary/aromatic N) is 2. The monoisotopic (exact) mass is 385 g/mol. The maximum absolute atomic E-state index is 4.21. The molecule has 5 heteroatoms. The summed E-state index contributed by atoms with van der Waals surface area (Å²) < 4.78 is 4.30. The summed E-state index contributed by atoms with van der Waals surface area (Å²) in [4.78, 5) is 4.21. The first-order valence-corrected chi connectivity index (χ1v) is 7.78. The van der Waals surface area contributed by atoms with E-state index >= 15 is 0 Å². The largest absolute Gasteiger partial charge is 0.378 e. The minimum absolute atomic E-state index is 0.421. The molecule has 1 heterocycles. The highest BCUT2D eigenvalue weighted by atomic mass is 79.9. The molecule has 0 aliphatic rings. The Morgan fingerprint density at radius 2 is 1.89 bits per heavy atom. The molecule has 0 aliphatic carbocycles. The summed E-state index contributed by atoms with van der Waals surface area (Å²) in [6.45, 7) is 7.14. The van der Waals surface area contributed by atoms with Crippen LogP contribution in [-0.4, -0.2) is 9.55 Å². The summed E-state index contributed by atoms with van der Waals surface area (Å²) in [5, 5.41) is 3.45. The van der Waals surface area contributed by atoms with Crippen LogP contribution in [0.1, 0.15) is 31.1 Å². The van der Waals surface area contributed by atoms with E-state index in [1.54, 1.807) is 0 Å². The number of halogens is 2. The Balaban J connectivity index is 2.17. The van der Waals surface area contributed by atoms with Crippen molar-refractivity contribution in [3.05, 3.63) is 44.9 Å². The molecular formula is C14H17Br2N3. The fourth-order valence-electron chi connectivity index (χ4n) is 1.98. The normalized spacial score (nSPS) is 11.1. The average Bonchev–Trinajstić information content (AvgIpc) is 2.75. The number of aromatic nitrogens is 2. The molecule has 102 valence electrons. The van der Waals surface area contributed by atoms with Crippen LogP contribution in [0.15, 0.2) is 33.6 Å². The Hall–Kier alpha value is -0.810. The Morgan fingerprint density at radius 3 is 2.47 bits per heavy atom. The third kappa shape index (κ3) is 3.39. The number of anilines is 1. The highest BCUT2D eigenvalue weighted by Crippen LogP contribution is 2.32. The van der Waals surface area contributed by atoms with Crippen LogP contribution < -0.4 is 5.32 Å². The van der Waals surface area contributed by atoms with Crippen molar-refractivity contribution in [2.45, 2.75) is 33.4 Å². The van der Waals surface area contributed by atoms with Crippen molar-refractivity contribution in [3.63, 3.8) is 0 Å². The Bertz CT molecular complexity index is 553. The molecule has 2 aromatic rings. The van der Waals surface area contributed by atoms with Gasteiger partial charge < -0.3 is 9.88 Å². The number of hydrogen-bond acceptors (Lipinski definition) is 2. The summed E-state index contributed by atoms with van der Waals surface area (Å²) in [7, 11) is 0. The zero-order valence-electron chi connectivity index (χ0n) is 11.2. The van der Waals surface area contributed by atoms with Crippen LogP contribution in [0.3, 0.4) is 0 Å². The van der Waals surface area contributed by atoms with E-state index in [4.69, 9.17) is 0 Å². The Labute approximate surface area is 130 Å². The van der Waals surface area contributed by atoms with Gasteiger partial charge >= 0.3 is 0 Å². The van der Waals surface area contributed by atoms with Crippen LogP contribution in [-0.2, 0) is 6.54 Å². The van der Waals surface area contributed by atoms with Crippen LogP contribution in [0.4, 0.5) is 5.69 Å². The summed E-state index contributed by atoms with van der Waals surface area (Å²) in [5.41, 5.74) is 3.47. The molecule has 0 atom stereocenters. The standard InChI is InChI=1S/C14H17Br2N3/c1-9(2)19-8-17-6-11(19)7-18-14-12(15)4-10(3)5-13(14)16/h4-6,8-9,18H,7H2,1-3H3. The van der Waals surface area contributed by atoms with Gasteiger partial charge in [-0.15, -0.1) is 0 Å². The molecule has 0 saturated heterocycles. The van der Waals surface area contributed by atoms with E-state index in [1.807, 2.05) is 12.5 Å². The molecular weight excluding hydrogens is 370 g/mol. The first-order chi connectivity index (χ1) is 8.99. The van der Waals surface area contributed by atoms with Crippen LogP contribution >= 0.6 is 31.9 Å². The van der Waals surface area contributed by atoms with Crippen LogP contribution in [0.25, 0.3) is 0 Å². The van der Waals surface area contributed by atoms with Crippen molar-refractivity contribution in [1.29, 1.82) is 0 Å². The van der Waals surface area contributed by atoms with E-state index in [0.717, 1.165) is 21.2 Å². The molecule has 3 nitrogen and oxygen atoms in total. The molecule has 2 rings (SSSR count). The fourth-order valence-corrected chi connectivity index (χ4v) is 3.68. The van der Waals surface area contributed by atoms with Crippen LogP contribution in [0, 0.1) is 6.92 Å². The molecule has 0 saturated carbocycles. The minimum Gasteiger partial charge on any atom is -0.378 e. The number of nitrogens with one attached hydrogen (secondary N) is 1. The van der Waals surface area contributed by atoms with E-state index in [9.17, 15) is 0 Å². The third-order valence-electron chi connectivity index (χ3n) is 2.94. The average molecular weight is 387 g/mol. The van der Waals surface area contributed by atoms with Gasteiger partial charge in [0.2, 0.25) is 0 Å². The summed E-state index contributed by atoms with van der Waals surface area (Å²) in [5.74, 6) is 0. The van der Waals surface area contributed by atoms with Gasteiger partial charge in [0.15, 0.2) is 0 Å². The minimum atomic E-state index is 0.421. The zero-order valence-corrected chi connectivity index (χ0v) is 14.4. The molecule has 0 amide bonds. The molecule has 0 spiro atoms. The predicted molar refractivity (Wildman–Crippen MR) is 86.5 cm³/mol. The second-order valence-electron chi connectivity index (χ2n) is 4.84. The van der Waals surface area contributed by atoms with Crippen molar-refractivity contribution in [2.24, 2.45) is 0 Å². The number of benzene rings is 1. The summed E-state index contributed by atoms with van der Waals surface area (Å²) in [6, 6.07) is 4.63. The topological polar surface area (TPSA) is 29.9 Å². The van der Waals surface area contributed by atoms with Gasteiger partial charge in [-0.25, -0.2) is 4.98 Å². The maximum Gasteiger partial charge on any atom is 0.0951 e. The van der Waals surface area contributed by atoms with Gasteiger partial charge in [0, 0.05) is 21.2 Å². The molecule has 19 heavy (non-hydrogen) atoms. The highest BCUT2D eigenvalue weighted by molar-refractivity contribution is 9.11. The lowest BCUT2D eigenvalue weighted by Crippen LogP contribution is -2.09. The second kappa shape index (κ2) is 6.09. The van der Waals surface area contributed by atoms with E-state index in [2.05, 4.69) is 79.6 Å². The van der Waals surface area contributed by atoms with Gasteiger partial charge in [-0.1, -0.05) is 0 Å². The molecule has 1 aromatic carbocycles. The van der Waals surface area contributed by atoms with E-state index in [0.29, 0.717) is 6.04 Å². The lowest BCUT2D eigenvalue weighted by molar-refractivity contribution is 0.577. The van der Waals surface area contributed by atoms with Gasteiger partial charge in [-0.2, -0.15) is 0 Å².